The molecule has 0 radical (unpaired) electrons. The van der Waals surface area contributed by atoms with E-state index in [0.717, 1.165) is 6.29 Å². The maximum atomic E-state index is 10.3. The van der Waals surface area contributed by atoms with Gasteiger partial charge < -0.3 is 13.9 Å². The summed E-state index contributed by atoms with van der Waals surface area (Å²) in [6, 6.07) is 0. The van der Waals surface area contributed by atoms with Gasteiger partial charge in [0.15, 0.2) is 14.6 Å². The van der Waals surface area contributed by atoms with Gasteiger partial charge in [-0.15, -0.1) is 0 Å². The van der Waals surface area contributed by atoms with E-state index in [0.29, 0.717) is 19.6 Å². The van der Waals surface area contributed by atoms with Crippen LogP contribution in [-0.4, -0.2) is 40.2 Å². The molecule has 0 bridgehead atoms. The average molecular weight is 312 g/mol. The fourth-order valence-corrected chi connectivity index (χ4v) is 3.04. The lowest BCUT2D eigenvalue weighted by Crippen LogP contribution is -2.44. The van der Waals surface area contributed by atoms with Gasteiger partial charge in [0.25, 0.3) is 0 Å². The molecule has 120 valence electrons. The van der Waals surface area contributed by atoms with Crippen molar-refractivity contribution >= 4 is 14.6 Å². The third-order valence-electron chi connectivity index (χ3n) is 3.99. The number of ether oxygens (including phenoxy) is 2. The highest BCUT2D eigenvalue weighted by atomic mass is 28.4. The summed E-state index contributed by atoms with van der Waals surface area (Å²) in [5.74, 6) is 0. The fourth-order valence-electron chi connectivity index (χ4n) is 1.75. The molecular weight excluding hydrogens is 284 g/mol. The van der Waals surface area contributed by atoms with Crippen LogP contribution in [0.3, 0.4) is 0 Å². The smallest absolute Gasteiger partial charge is 0.192 e. The van der Waals surface area contributed by atoms with Gasteiger partial charge in [-0.2, -0.15) is 0 Å². The molecule has 1 atom stereocenters. The average Bonchev–Trinajstić information content (AvgIpc) is 2.85. The number of carbonyl (C=O) groups is 1. The lowest BCUT2D eigenvalue weighted by molar-refractivity contribution is -0.104. The van der Waals surface area contributed by atoms with Crippen LogP contribution in [0.2, 0.25) is 18.1 Å². The molecule has 1 aliphatic rings. The Morgan fingerprint density at radius 3 is 2.33 bits per heavy atom. The number of carbonyl (C=O) groups excluding carboxylic acids is 1. The van der Waals surface area contributed by atoms with Crippen LogP contribution < -0.4 is 0 Å². The summed E-state index contributed by atoms with van der Waals surface area (Å²) >= 11 is 0. The summed E-state index contributed by atoms with van der Waals surface area (Å²) in [7, 11) is -1.86. The molecule has 1 rings (SSSR count). The minimum atomic E-state index is -1.86. The zero-order valence-corrected chi connectivity index (χ0v) is 14.8. The molecular formula is C16H28O4Si. The van der Waals surface area contributed by atoms with Crippen LogP contribution in [0.15, 0.2) is 24.3 Å². The zero-order valence-electron chi connectivity index (χ0n) is 13.8. The van der Waals surface area contributed by atoms with Crippen molar-refractivity contribution < 1.29 is 18.7 Å². The van der Waals surface area contributed by atoms with Crippen LogP contribution in [0.4, 0.5) is 0 Å². The molecule has 0 aromatic rings. The van der Waals surface area contributed by atoms with Gasteiger partial charge in [0, 0.05) is 6.42 Å². The van der Waals surface area contributed by atoms with Crippen molar-refractivity contribution in [2.75, 3.05) is 13.2 Å². The number of allylic oxidation sites excluding steroid dienone is 3. The highest BCUT2D eigenvalue weighted by Gasteiger charge is 2.39. The summed E-state index contributed by atoms with van der Waals surface area (Å²) in [6.45, 7) is 12.4. The van der Waals surface area contributed by atoms with E-state index in [4.69, 9.17) is 13.9 Å². The number of aldehydes is 1. The molecule has 1 heterocycles. The largest absolute Gasteiger partial charge is 0.410 e. The molecule has 0 N–H and O–H groups in total. The third kappa shape index (κ3) is 6.26. The molecule has 1 fully saturated rings. The molecule has 0 aliphatic carbocycles. The molecule has 0 saturated carbocycles. The lowest BCUT2D eigenvalue weighted by Gasteiger charge is -2.39. The van der Waals surface area contributed by atoms with Gasteiger partial charge in [-0.3, -0.25) is 4.79 Å². The molecule has 0 amide bonds. The Labute approximate surface area is 129 Å². The molecule has 4 nitrogen and oxygen atoms in total. The van der Waals surface area contributed by atoms with Crippen LogP contribution in [0.1, 0.15) is 27.2 Å². The first-order valence-electron chi connectivity index (χ1n) is 7.46. The zero-order chi connectivity index (χ0) is 15.9. The first kappa shape index (κ1) is 18.3. The van der Waals surface area contributed by atoms with E-state index in [2.05, 4.69) is 33.9 Å². The van der Waals surface area contributed by atoms with Crippen molar-refractivity contribution in [3.05, 3.63) is 24.3 Å². The second-order valence-corrected chi connectivity index (χ2v) is 11.5. The quantitative estimate of drug-likeness (QED) is 0.312. The van der Waals surface area contributed by atoms with E-state index in [1.807, 2.05) is 12.2 Å². The van der Waals surface area contributed by atoms with Gasteiger partial charge in [0.2, 0.25) is 0 Å². The minimum absolute atomic E-state index is 0.0645. The SMILES string of the molecule is CC(C)(C)[Si](C)(C)O[C@H](/C=C/C=C\C=O)CC1OCCO1. The maximum Gasteiger partial charge on any atom is 0.192 e. The predicted octanol–water partition coefficient (Wildman–Crippen LogP) is 3.45. The third-order valence-corrected chi connectivity index (χ3v) is 8.50. The van der Waals surface area contributed by atoms with Crippen molar-refractivity contribution in [1.82, 2.24) is 0 Å². The first-order chi connectivity index (χ1) is 9.76. The van der Waals surface area contributed by atoms with E-state index in [1.54, 1.807) is 6.08 Å². The molecule has 5 heteroatoms. The first-order valence-corrected chi connectivity index (χ1v) is 10.4. The van der Waals surface area contributed by atoms with Crippen molar-refractivity contribution in [2.24, 2.45) is 0 Å². The van der Waals surface area contributed by atoms with Crippen molar-refractivity contribution in [3.63, 3.8) is 0 Å². The summed E-state index contributed by atoms with van der Waals surface area (Å²) in [5.41, 5.74) is 0. The Morgan fingerprint density at radius 1 is 1.19 bits per heavy atom. The van der Waals surface area contributed by atoms with Gasteiger partial charge in [-0.05, 0) is 24.2 Å². The summed E-state index contributed by atoms with van der Waals surface area (Å²) < 4.78 is 17.4. The highest BCUT2D eigenvalue weighted by molar-refractivity contribution is 6.74. The Bertz CT molecular complexity index is 376. The van der Waals surface area contributed by atoms with Gasteiger partial charge in [0.05, 0.1) is 19.3 Å². The van der Waals surface area contributed by atoms with Crippen LogP contribution in [0, 0.1) is 0 Å². The topological polar surface area (TPSA) is 44.8 Å². The normalized spacial score (nSPS) is 19.7. The second kappa shape index (κ2) is 8.03. The van der Waals surface area contributed by atoms with E-state index >= 15 is 0 Å². The molecule has 0 aromatic carbocycles. The minimum Gasteiger partial charge on any atom is -0.410 e. The molecule has 0 unspecified atom stereocenters. The number of hydrogen-bond donors (Lipinski definition) is 0. The van der Waals surface area contributed by atoms with Crippen LogP contribution in [0.25, 0.3) is 0 Å². The Hall–Kier alpha value is -0.753. The Balaban J connectivity index is 2.72. The molecule has 21 heavy (non-hydrogen) atoms. The monoisotopic (exact) mass is 312 g/mol. The molecule has 1 saturated heterocycles. The van der Waals surface area contributed by atoms with Crippen molar-refractivity contribution in [2.45, 2.75) is 57.7 Å². The van der Waals surface area contributed by atoms with Crippen LogP contribution >= 0.6 is 0 Å². The standard InChI is InChI=1S/C16H28O4Si/c1-16(2,3)21(4,5)20-14(9-7-6-8-10-17)13-15-18-11-12-19-15/h6-10,14-15H,11-13H2,1-5H3/b8-6-,9-7+/t14-/m1/s1. The van der Waals surface area contributed by atoms with E-state index in [9.17, 15) is 4.79 Å². The number of rotatable bonds is 7. The Kier molecular flexibility index (Phi) is 7.00. The van der Waals surface area contributed by atoms with Crippen LogP contribution in [0.5, 0.6) is 0 Å². The Morgan fingerprint density at radius 2 is 1.81 bits per heavy atom. The molecule has 0 aromatic heterocycles. The highest BCUT2D eigenvalue weighted by Crippen LogP contribution is 2.38. The van der Waals surface area contributed by atoms with Crippen LogP contribution in [-0.2, 0) is 18.7 Å². The van der Waals surface area contributed by atoms with E-state index in [1.165, 1.54) is 6.08 Å². The lowest BCUT2D eigenvalue weighted by atomic mass is 10.2. The molecule has 1 aliphatic heterocycles. The summed E-state index contributed by atoms with van der Waals surface area (Å²) in [6.07, 6.45) is 8.18. The van der Waals surface area contributed by atoms with Gasteiger partial charge in [-0.25, -0.2) is 0 Å². The fraction of sp³-hybridized carbons (Fsp3) is 0.688. The predicted molar refractivity (Wildman–Crippen MR) is 86.7 cm³/mol. The summed E-state index contributed by atoms with van der Waals surface area (Å²) in [5, 5.41) is 0.148. The summed E-state index contributed by atoms with van der Waals surface area (Å²) in [4.78, 5) is 10.3. The van der Waals surface area contributed by atoms with Gasteiger partial charge >= 0.3 is 0 Å². The maximum absolute atomic E-state index is 10.3. The second-order valence-electron chi connectivity index (χ2n) is 6.73. The van der Waals surface area contributed by atoms with Gasteiger partial charge in [-0.1, -0.05) is 39.0 Å². The van der Waals surface area contributed by atoms with Crippen molar-refractivity contribution in [1.29, 1.82) is 0 Å². The number of hydrogen-bond acceptors (Lipinski definition) is 4. The van der Waals surface area contributed by atoms with E-state index in [-0.39, 0.29) is 17.4 Å². The van der Waals surface area contributed by atoms with Gasteiger partial charge in [0.1, 0.15) is 6.29 Å². The van der Waals surface area contributed by atoms with E-state index < -0.39 is 8.32 Å². The van der Waals surface area contributed by atoms with Crippen molar-refractivity contribution in [3.8, 4) is 0 Å². The molecule has 0 spiro atoms.